The molecule has 0 fully saturated rings. The van der Waals surface area contributed by atoms with Gasteiger partial charge in [-0.2, -0.15) is 0 Å². The lowest BCUT2D eigenvalue weighted by atomic mass is 10.1. The van der Waals surface area contributed by atoms with E-state index in [1.807, 2.05) is 19.2 Å². The highest BCUT2D eigenvalue weighted by atomic mass is 32.2. The summed E-state index contributed by atoms with van der Waals surface area (Å²) >= 11 is 0. The van der Waals surface area contributed by atoms with Gasteiger partial charge in [-0.05, 0) is 41.7 Å². The van der Waals surface area contributed by atoms with Crippen LogP contribution in [0, 0.1) is 0 Å². The van der Waals surface area contributed by atoms with Crippen LogP contribution in [0.3, 0.4) is 0 Å². The predicted molar refractivity (Wildman–Crippen MR) is 92.9 cm³/mol. The Morgan fingerprint density at radius 2 is 1.83 bits per heavy atom. The number of nitrogens with two attached hydrogens (primary N) is 1. The summed E-state index contributed by atoms with van der Waals surface area (Å²) in [6, 6.07) is 14.9. The van der Waals surface area contributed by atoms with Crippen LogP contribution in [0.2, 0.25) is 0 Å². The van der Waals surface area contributed by atoms with Crippen molar-refractivity contribution >= 4 is 15.9 Å². The van der Waals surface area contributed by atoms with Gasteiger partial charge in [0.25, 0.3) is 5.91 Å². The van der Waals surface area contributed by atoms with Crippen molar-refractivity contribution < 1.29 is 13.2 Å². The quantitative estimate of drug-likeness (QED) is 0.923. The first-order valence-electron chi connectivity index (χ1n) is 7.79. The molecule has 3 rings (SSSR count). The highest BCUT2D eigenvalue weighted by Gasteiger charge is 2.28. The lowest BCUT2D eigenvalue weighted by Crippen LogP contribution is -2.30. The Balaban J connectivity index is 1.77. The first-order valence-corrected chi connectivity index (χ1v) is 9.51. The maximum Gasteiger partial charge on any atom is 0.254 e. The van der Waals surface area contributed by atoms with Gasteiger partial charge in [-0.25, -0.2) is 13.6 Å². The molecule has 2 N–H and O–H groups in total. The number of fused-ring (bicyclic) bond motifs is 1. The molecule has 2 aromatic rings. The highest BCUT2D eigenvalue weighted by Crippen LogP contribution is 2.35. The van der Waals surface area contributed by atoms with Crippen molar-refractivity contribution in [2.75, 3.05) is 7.05 Å². The van der Waals surface area contributed by atoms with E-state index >= 15 is 0 Å². The van der Waals surface area contributed by atoms with E-state index in [0.29, 0.717) is 11.1 Å². The van der Waals surface area contributed by atoms with Crippen molar-refractivity contribution in [1.82, 2.24) is 4.90 Å². The zero-order chi connectivity index (χ0) is 17.3. The Kier molecular flexibility index (Phi) is 4.43. The summed E-state index contributed by atoms with van der Waals surface area (Å²) in [6.45, 7) is 0. The number of hydrogen-bond acceptors (Lipinski definition) is 3. The molecule has 0 heterocycles. The van der Waals surface area contributed by atoms with Gasteiger partial charge in [-0.15, -0.1) is 0 Å². The molecule has 2 aromatic carbocycles. The minimum absolute atomic E-state index is 0.0705. The second kappa shape index (κ2) is 6.37. The molecule has 1 unspecified atom stereocenters. The van der Waals surface area contributed by atoms with Crippen LogP contribution in [-0.2, 0) is 22.2 Å². The van der Waals surface area contributed by atoms with E-state index in [0.717, 1.165) is 12.8 Å². The van der Waals surface area contributed by atoms with E-state index in [-0.39, 0.29) is 17.7 Å². The molecule has 0 saturated carbocycles. The smallest absolute Gasteiger partial charge is 0.254 e. The average molecular weight is 344 g/mol. The van der Waals surface area contributed by atoms with Crippen molar-refractivity contribution in [2.24, 2.45) is 5.14 Å². The van der Waals surface area contributed by atoms with Crippen LogP contribution < -0.4 is 5.14 Å². The molecule has 24 heavy (non-hydrogen) atoms. The lowest BCUT2D eigenvalue weighted by Gasteiger charge is -2.25. The number of rotatable bonds is 4. The Hall–Kier alpha value is -2.18. The van der Waals surface area contributed by atoms with Crippen LogP contribution in [-0.4, -0.2) is 26.3 Å². The second-order valence-corrected chi connectivity index (χ2v) is 7.79. The third-order valence-electron chi connectivity index (χ3n) is 4.46. The summed E-state index contributed by atoms with van der Waals surface area (Å²) in [5.74, 6) is -0.299. The van der Waals surface area contributed by atoms with Gasteiger partial charge in [0, 0.05) is 12.6 Å². The zero-order valence-electron chi connectivity index (χ0n) is 13.5. The van der Waals surface area contributed by atoms with E-state index in [2.05, 4.69) is 12.1 Å². The van der Waals surface area contributed by atoms with Crippen LogP contribution in [0.4, 0.5) is 0 Å². The van der Waals surface area contributed by atoms with Gasteiger partial charge in [0.05, 0.1) is 11.8 Å². The SMILES string of the molecule is CN(C(=O)c1ccc(CS(N)(=O)=O)cc1)C1CCc2ccccc21. The fourth-order valence-corrected chi connectivity index (χ4v) is 3.92. The molecule has 0 aromatic heterocycles. The molecule has 0 bridgehead atoms. The third-order valence-corrected chi connectivity index (χ3v) is 5.19. The Labute approximate surface area is 142 Å². The molecule has 1 aliphatic rings. The third kappa shape index (κ3) is 3.49. The normalized spacial score (nSPS) is 16.7. The van der Waals surface area contributed by atoms with E-state index in [9.17, 15) is 13.2 Å². The van der Waals surface area contributed by atoms with Crippen molar-refractivity contribution in [1.29, 1.82) is 0 Å². The van der Waals surface area contributed by atoms with E-state index in [1.165, 1.54) is 11.1 Å². The fraction of sp³-hybridized carbons (Fsp3) is 0.278. The number of carbonyl (C=O) groups excluding carboxylic acids is 1. The predicted octanol–water partition coefficient (Wildman–Crippen LogP) is 2.23. The highest BCUT2D eigenvalue weighted by molar-refractivity contribution is 7.88. The summed E-state index contributed by atoms with van der Waals surface area (Å²) in [6.07, 6.45) is 1.90. The van der Waals surface area contributed by atoms with Crippen LogP contribution in [0.1, 0.15) is 39.5 Å². The number of primary sulfonamides is 1. The standard InChI is InChI=1S/C18H20N2O3S/c1-20(17-11-10-14-4-2-3-5-16(14)17)18(21)15-8-6-13(7-9-15)12-24(19,22)23/h2-9,17H,10-12H2,1H3,(H2,19,22,23). The second-order valence-electron chi connectivity index (χ2n) is 6.17. The number of nitrogens with zero attached hydrogens (tertiary/aromatic N) is 1. The minimum Gasteiger partial charge on any atom is -0.335 e. The molecule has 1 amide bonds. The molecular weight excluding hydrogens is 324 g/mol. The summed E-state index contributed by atoms with van der Waals surface area (Å²) in [5, 5.41) is 5.04. The molecule has 6 heteroatoms. The maximum absolute atomic E-state index is 12.7. The fourth-order valence-electron chi connectivity index (χ4n) is 3.26. The summed E-state index contributed by atoms with van der Waals surface area (Å²) in [5.41, 5.74) is 3.62. The van der Waals surface area contributed by atoms with Crippen LogP contribution in [0.25, 0.3) is 0 Å². The molecule has 0 saturated heterocycles. The number of benzene rings is 2. The van der Waals surface area contributed by atoms with E-state index in [1.54, 1.807) is 29.2 Å². The van der Waals surface area contributed by atoms with E-state index < -0.39 is 10.0 Å². The van der Waals surface area contributed by atoms with Gasteiger partial charge in [-0.3, -0.25) is 4.79 Å². The minimum atomic E-state index is -3.57. The maximum atomic E-state index is 12.7. The van der Waals surface area contributed by atoms with Crippen molar-refractivity contribution in [3.8, 4) is 0 Å². The van der Waals surface area contributed by atoms with Crippen molar-refractivity contribution in [3.05, 3.63) is 70.8 Å². The molecule has 0 radical (unpaired) electrons. The first-order chi connectivity index (χ1) is 11.3. The molecule has 0 aliphatic heterocycles. The summed E-state index contributed by atoms with van der Waals surface area (Å²) < 4.78 is 22.2. The zero-order valence-corrected chi connectivity index (χ0v) is 14.3. The Morgan fingerprint density at radius 1 is 1.17 bits per heavy atom. The number of carbonyl (C=O) groups is 1. The van der Waals surface area contributed by atoms with Crippen molar-refractivity contribution in [3.63, 3.8) is 0 Å². The summed E-state index contributed by atoms with van der Waals surface area (Å²) in [4.78, 5) is 14.5. The number of aryl methyl sites for hydroxylation is 1. The van der Waals surface area contributed by atoms with Crippen molar-refractivity contribution in [2.45, 2.75) is 24.6 Å². The topological polar surface area (TPSA) is 80.5 Å². The van der Waals surface area contributed by atoms with Gasteiger partial charge < -0.3 is 4.90 Å². The number of amides is 1. The molecule has 5 nitrogen and oxygen atoms in total. The number of hydrogen-bond donors (Lipinski definition) is 1. The number of sulfonamides is 1. The Bertz CT molecular complexity index is 860. The van der Waals surface area contributed by atoms with Crippen LogP contribution in [0.15, 0.2) is 48.5 Å². The van der Waals surface area contributed by atoms with Crippen LogP contribution in [0.5, 0.6) is 0 Å². The van der Waals surface area contributed by atoms with Gasteiger partial charge in [0.2, 0.25) is 10.0 Å². The first kappa shape index (κ1) is 16.7. The van der Waals surface area contributed by atoms with Gasteiger partial charge in [0.1, 0.15) is 0 Å². The molecule has 0 spiro atoms. The van der Waals surface area contributed by atoms with E-state index in [4.69, 9.17) is 5.14 Å². The van der Waals surface area contributed by atoms with Gasteiger partial charge in [0.15, 0.2) is 0 Å². The van der Waals surface area contributed by atoms with Crippen LogP contribution >= 0.6 is 0 Å². The molecular formula is C18H20N2O3S. The largest absolute Gasteiger partial charge is 0.335 e. The summed E-state index contributed by atoms with van der Waals surface area (Å²) in [7, 11) is -1.76. The molecule has 1 atom stereocenters. The average Bonchev–Trinajstić information content (AvgIpc) is 2.97. The monoisotopic (exact) mass is 344 g/mol. The van der Waals surface area contributed by atoms with Gasteiger partial charge in [-0.1, -0.05) is 36.4 Å². The molecule has 1 aliphatic carbocycles. The van der Waals surface area contributed by atoms with Gasteiger partial charge >= 0.3 is 0 Å². The Morgan fingerprint density at radius 3 is 2.50 bits per heavy atom. The molecule has 126 valence electrons. The lowest BCUT2D eigenvalue weighted by molar-refractivity contribution is 0.0730.